The van der Waals surface area contributed by atoms with E-state index in [0.29, 0.717) is 21.9 Å². The molecule has 0 fully saturated rings. The largest absolute Gasteiger partial charge is 0.504 e. The smallest absolute Gasteiger partial charge is 0.283 e. The summed E-state index contributed by atoms with van der Waals surface area (Å²) in [5.74, 6) is -1.53. The highest BCUT2D eigenvalue weighted by Crippen LogP contribution is 2.41. The molecule has 14 heteroatoms. The molecule has 37 heavy (non-hydrogen) atoms. The Balaban J connectivity index is 0.000000207. The molecule has 0 aliphatic heterocycles. The van der Waals surface area contributed by atoms with Crippen molar-refractivity contribution in [1.82, 2.24) is 15.2 Å². The van der Waals surface area contributed by atoms with E-state index in [1.807, 2.05) is 0 Å². The summed E-state index contributed by atoms with van der Waals surface area (Å²) in [5.41, 5.74) is 0.705. The van der Waals surface area contributed by atoms with E-state index in [-0.39, 0.29) is 33.6 Å². The number of aromatic hydroxyl groups is 6. The summed E-state index contributed by atoms with van der Waals surface area (Å²) in [7, 11) is 0. The van der Waals surface area contributed by atoms with Crippen LogP contribution in [-0.2, 0) is 0 Å². The van der Waals surface area contributed by atoms with Crippen molar-refractivity contribution < 1.29 is 40.0 Å². The lowest BCUT2D eigenvalue weighted by molar-refractivity contribution is -0.384. The van der Waals surface area contributed by atoms with Crippen molar-refractivity contribution in [2.24, 2.45) is 0 Å². The first-order valence-corrected chi connectivity index (χ1v) is 10.9. The standard InChI is InChI=1S/C14H9N3O6S.C9H7NO3/c18-9-2-1-6(3-10(9)19)13-15-16-14(24-13)7-4-11(20)12(21)5-8(7)17(22)23;11-7-2-1-6(3-8(7)12)9-4-10-5-13-9/h1-5,18-21H;1-5,11-12H. The molecule has 0 aliphatic carbocycles. The topological polar surface area (TPSA) is 216 Å². The van der Waals surface area contributed by atoms with Crippen LogP contribution < -0.4 is 0 Å². The number of rotatable bonds is 4. The van der Waals surface area contributed by atoms with E-state index in [4.69, 9.17) is 9.52 Å². The van der Waals surface area contributed by atoms with Crippen molar-refractivity contribution in [3.8, 4) is 67.0 Å². The minimum atomic E-state index is -0.706. The third-order valence-corrected chi connectivity index (χ3v) is 5.87. The third kappa shape index (κ3) is 5.33. The Kier molecular flexibility index (Phi) is 6.75. The van der Waals surface area contributed by atoms with E-state index in [9.17, 15) is 35.6 Å². The van der Waals surface area contributed by atoms with Gasteiger partial charge in [0, 0.05) is 17.2 Å². The van der Waals surface area contributed by atoms with Crippen LogP contribution in [0.15, 0.2) is 65.5 Å². The lowest BCUT2D eigenvalue weighted by Crippen LogP contribution is -1.92. The maximum Gasteiger partial charge on any atom is 0.283 e. The Bertz CT molecular complexity index is 1590. The number of hydrogen-bond acceptors (Lipinski definition) is 13. The summed E-state index contributed by atoms with van der Waals surface area (Å²) in [5, 5.41) is 75.5. The number of oxazole rings is 1. The molecule has 188 valence electrons. The molecule has 0 atom stereocenters. The van der Waals surface area contributed by atoms with Crippen LogP contribution in [0.2, 0.25) is 0 Å². The predicted octanol–water partition coefficient (Wildman–Crippen LogP) is 4.36. The van der Waals surface area contributed by atoms with E-state index in [0.717, 1.165) is 23.5 Å². The van der Waals surface area contributed by atoms with Gasteiger partial charge in [0.1, 0.15) is 5.01 Å². The first-order valence-electron chi connectivity index (χ1n) is 10.1. The molecule has 5 rings (SSSR count). The summed E-state index contributed by atoms with van der Waals surface area (Å²) in [6.07, 6.45) is 2.84. The summed E-state index contributed by atoms with van der Waals surface area (Å²) in [4.78, 5) is 14.2. The second-order valence-electron chi connectivity index (χ2n) is 7.30. The molecule has 2 heterocycles. The fourth-order valence-corrected chi connectivity index (χ4v) is 3.89. The van der Waals surface area contributed by atoms with Gasteiger partial charge in [0.2, 0.25) is 0 Å². The van der Waals surface area contributed by atoms with Crippen LogP contribution in [0.4, 0.5) is 5.69 Å². The molecule has 13 nitrogen and oxygen atoms in total. The number of hydrogen-bond donors (Lipinski definition) is 6. The molecule has 0 saturated carbocycles. The molecule has 0 radical (unpaired) electrons. The number of nitro benzene ring substituents is 1. The van der Waals surface area contributed by atoms with Crippen molar-refractivity contribution >= 4 is 17.0 Å². The molecule has 6 N–H and O–H groups in total. The van der Waals surface area contributed by atoms with Gasteiger partial charge in [0.15, 0.2) is 51.7 Å². The van der Waals surface area contributed by atoms with Crippen molar-refractivity contribution in [2.45, 2.75) is 0 Å². The van der Waals surface area contributed by atoms with E-state index in [1.54, 1.807) is 6.07 Å². The second-order valence-corrected chi connectivity index (χ2v) is 8.28. The van der Waals surface area contributed by atoms with Gasteiger partial charge in [-0.2, -0.15) is 0 Å². The zero-order chi connectivity index (χ0) is 26.7. The van der Waals surface area contributed by atoms with Crippen LogP contribution in [0.1, 0.15) is 0 Å². The number of nitrogens with zero attached hydrogens (tertiary/aromatic N) is 4. The summed E-state index contributed by atoms with van der Waals surface area (Å²) in [6.45, 7) is 0. The van der Waals surface area contributed by atoms with Gasteiger partial charge in [-0.15, -0.1) is 10.2 Å². The maximum absolute atomic E-state index is 11.1. The Morgan fingerprint density at radius 3 is 1.89 bits per heavy atom. The Hall–Kier alpha value is -5.37. The highest BCUT2D eigenvalue weighted by molar-refractivity contribution is 7.18. The first-order chi connectivity index (χ1) is 17.6. The molecule has 0 spiro atoms. The SMILES string of the molecule is O=[N+]([O-])c1cc(O)c(O)cc1-c1nnc(-c2ccc(O)c(O)c2)s1.Oc1ccc(-c2cnco2)cc1O. The number of aromatic nitrogens is 3. The van der Waals surface area contributed by atoms with Crippen LogP contribution in [0.3, 0.4) is 0 Å². The molecule has 2 aromatic heterocycles. The van der Waals surface area contributed by atoms with Gasteiger partial charge in [-0.05, 0) is 36.4 Å². The average Bonchev–Trinajstić information content (AvgIpc) is 3.57. The van der Waals surface area contributed by atoms with Gasteiger partial charge in [0.05, 0.1) is 22.7 Å². The van der Waals surface area contributed by atoms with E-state index in [2.05, 4.69) is 15.2 Å². The monoisotopic (exact) mass is 524 g/mol. The molecule has 5 aromatic rings. The molecule has 0 aliphatic rings. The molecular weight excluding hydrogens is 508 g/mol. The molecule has 0 amide bonds. The van der Waals surface area contributed by atoms with E-state index < -0.39 is 22.1 Å². The zero-order valence-electron chi connectivity index (χ0n) is 18.4. The number of phenols is 6. The van der Waals surface area contributed by atoms with Crippen molar-refractivity contribution in [2.75, 3.05) is 0 Å². The summed E-state index contributed by atoms with van der Waals surface area (Å²) in [6, 6.07) is 10.4. The number of benzene rings is 3. The minimum absolute atomic E-state index is 0.00190. The summed E-state index contributed by atoms with van der Waals surface area (Å²) >= 11 is 0.988. The predicted molar refractivity (Wildman–Crippen MR) is 129 cm³/mol. The molecule has 0 unspecified atom stereocenters. The van der Waals surface area contributed by atoms with E-state index in [1.165, 1.54) is 42.9 Å². The Labute approximate surface area is 210 Å². The fraction of sp³-hybridized carbons (Fsp3) is 0. The maximum atomic E-state index is 11.1. The van der Waals surface area contributed by atoms with Crippen molar-refractivity contribution in [1.29, 1.82) is 0 Å². The van der Waals surface area contributed by atoms with Gasteiger partial charge < -0.3 is 35.1 Å². The molecule has 3 aromatic carbocycles. The third-order valence-electron chi connectivity index (χ3n) is 4.86. The van der Waals surface area contributed by atoms with Crippen LogP contribution in [0.5, 0.6) is 34.5 Å². The van der Waals surface area contributed by atoms with Gasteiger partial charge in [-0.25, -0.2) is 4.98 Å². The normalized spacial score (nSPS) is 10.5. The lowest BCUT2D eigenvalue weighted by Gasteiger charge is -2.02. The zero-order valence-corrected chi connectivity index (χ0v) is 19.2. The molecular formula is C23H16N4O9S. The van der Waals surface area contributed by atoms with Crippen molar-refractivity contribution in [3.05, 3.63) is 71.2 Å². The van der Waals surface area contributed by atoms with Crippen LogP contribution in [0.25, 0.3) is 32.5 Å². The van der Waals surface area contributed by atoms with Gasteiger partial charge >= 0.3 is 0 Å². The highest BCUT2D eigenvalue weighted by Gasteiger charge is 2.23. The Morgan fingerprint density at radius 2 is 1.30 bits per heavy atom. The van der Waals surface area contributed by atoms with Crippen molar-refractivity contribution in [3.63, 3.8) is 0 Å². The van der Waals surface area contributed by atoms with Gasteiger partial charge in [-0.3, -0.25) is 10.1 Å². The van der Waals surface area contributed by atoms with Crippen LogP contribution >= 0.6 is 11.3 Å². The summed E-state index contributed by atoms with van der Waals surface area (Å²) < 4.78 is 5.01. The average molecular weight is 524 g/mol. The first kappa shape index (κ1) is 24.7. The minimum Gasteiger partial charge on any atom is -0.504 e. The lowest BCUT2D eigenvalue weighted by atomic mass is 10.1. The number of phenolic OH excluding ortho intramolecular Hbond substituents is 6. The van der Waals surface area contributed by atoms with E-state index >= 15 is 0 Å². The van der Waals surface area contributed by atoms with Gasteiger partial charge in [-0.1, -0.05) is 11.3 Å². The van der Waals surface area contributed by atoms with Gasteiger partial charge in [0.25, 0.3) is 5.69 Å². The second kappa shape index (κ2) is 10.1. The number of nitro groups is 1. The molecule has 0 bridgehead atoms. The van der Waals surface area contributed by atoms with Crippen LogP contribution in [-0.4, -0.2) is 50.7 Å². The fourth-order valence-electron chi connectivity index (χ4n) is 3.03. The van der Waals surface area contributed by atoms with Crippen LogP contribution in [0, 0.1) is 10.1 Å². The quantitative estimate of drug-likeness (QED) is 0.110. The molecule has 0 saturated heterocycles. The highest BCUT2D eigenvalue weighted by atomic mass is 32.1. The Morgan fingerprint density at radius 1 is 0.730 bits per heavy atom.